The first kappa shape index (κ1) is 13.5. The SMILES string of the molecule is Fc1ccc(Br)c(Oc2cnccc2CNC2CC2)c1. The van der Waals surface area contributed by atoms with Gasteiger partial charge in [0.1, 0.15) is 17.3 Å². The van der Waals surface area contributed by atoms with E-state index in [-0.39, 0.29) is 5.82 Å². The number of pyridine rings is 1. The monoisotopic (exact) mass is 336 g/mol. The highest BCUT2D eigenvalue weighted by atomic mass is 79.9. The standard InChI is InChI=1S/C15H14BrFN2O/c16-13-4-1-11(17)7-14(13)20-15-9-18-6-5-10(15)8-19-12-2-3-12/h1,4-7,9,12,19H,2-3,8H2. The molecule has 1 aliphatic rings. The number of aromatic nitrogens is 1. The molecule has 0 amide bonds. The summed E-state index contributed by atoms with van der Waals surface area (Å²) in [6.07, 6.45) is 5.85. The Bertz CT molecular complexity index is 617. The second-order valence-corrected chi connectivity index (χ2v) is 5.67. The van der Waals surface area contributed by atoms with Gasteiger partial charge in [0.15, 0.2) is 0 Å². The molecule has 3 nitrogen and oxygen atoms in total. The van der Waals surface area contributed by atoms with Gasteiger partial charge in [-0.15, -0.1) is 0 Å². The van der Waals surface area contributed by atoms with Gasteiger partial charge in [-0.25, -0.2) is 4.39 Å². The zero-order chi connectivity index (χ0) is 13.9. The average Bonchev–Trinajstić information content (AvgIpc) is 3.26. The van der Waals surface area contributed by atoms with Crippen LogP contribution in [0, 0.1) is 5.82 Å². The number of ether oxygens (including phenoxy) is 1. The molecule has 0 bridgehead atoms. The summed E-state index contributed by atoms with van der Waals surface area (Å²) in [5.41, 5.74) is 1.02. The van der Waals surface area contributed by atoms with Crippen LogP contribution in [-0.4, -0.2) is 11.0 Å². The summed E-state index contributed by atoms with van der Waals surface area (Å²) in [4.78, 5) is 4.07. The summed E-state index contributed by atoms with van der Waals surface area (Å²) < 4.78 is 19.8. The van der Waals surface area contributed by atoms with Gasteiger partial charge in [0.25, 0.3) is 0 Å². The van der Waals surface area contributed by atoms with Crippen molar-refractivity contribution in [2.24, 2.45) is 0 Å². The van der Waals surface area contributed by atoms with Crippen LogP contribution in [-0.2, 0) is 6.54 Å². The molecule has 5 heteroatoms. The largest absolute Gasteiger partial charge is 0.454 e. The fraction of sp³-hybridized carbons (Fsp3) is 0.267. The Labute approximate surface area is 125 Å². The number of hydrogen-bond donors (Lipinski definition) is 1. The van der Waals surface area contributed by atoms with E-state index >= 15 is 0 Å². The summed E-state index contributed by atoms with van der Waals surface area (Å²) >= 11 is 3.36. The molecule has 1 fully saturated rings. The Morgan fingerprint density at radius 1 is 1.30 bits per heavy atom. The van der Waals surface area contributed by atoms with Crippen LogP contribution in [0.5, 0.6) is 11.5 Å². The Morgan fingerprint density at radius 2 is 2.15 bits per heavy atom. The summed E-state index contributed by atoms with van der Waals surface area (Å²) in [6, 6.07) is 6.91. The van der Waals surface area contributed by atoms with Gasteiger partial charge in [0.05, 0.1) is 10.7 Å². The molecule has 0 radical (unpaired) electrons. The van der Waals surface area contributed by atoms with Crippen LogP contribution in [0.25, 0.3) is 0 Å². The lowest BCUT2D eigenvalue weighted by atomic mass is 10.2. The average molecular weight is 337 g/mol. The van der Waals surface area contributed by atoms with E-state index in [0.717, 1.165) is 12.1 Å². The van der Waals surface area contributed by atoms with E-state index in [9.17, 15) is 4.39 Å². The van der Waals surface area contributed by atoms with Gasteiger partial charge >= 0.3 is 0 Å². The Balaban J connectivity index is 1.80. The zero-order valence-electron chi connectivity index (χ0n) is 10.8. The molecule has 0 aliphatic heterocycles. The molecule has 1 N–H and O–H groups in total. The lowest BCUT2D eigenvalue weighted by Gasteiger charge is -2.12. The van der Waals surface area contributed by atoms with E-state index < -0.39 is 0 Å². The maximum absolute atomic E-state index is 13.3. The highest BCUT2D eigenvalue weighted by Gasteiger charge is 2.20. The van der Waals surface area contributed by atoms with Gasteiger partial charge < -0.3 is 10.1 Å². The summed E-state index contributed by atoms with van der Waals surface area (Å²) in [5.74, 6) is 0.766. The molecular formula is C15H14BrFN2O. The molecule has 3 rings (SSSR count). The number of nitrogens with one attached hydrogen (secondary N) is 1. The van der Waals surface area contributed by atoms with Gasteiger partial charge in [-0.2, -0.15) is 0 Å². The third-order valence-electron chi connectivity index (χ3n) is 3.14. The van der Waals surface area contributed by atoms with Crippen LogP contribution < -0.4 is 10.1 Å². The topological polar surface area (TPSA) is 34.1 Å². The van der Waals surface area contributed by atoms with Gasteiger partial charge in [0, 0.05) is 30.4 Å². The third kappa shape index (κ3) is 3.35. The number of rotatable bonds is 5. The van der Waals surface area contributed by atoms with Crippen LogP contribution >= 0.6 is 15.9 Å². The third-order valence-corrected chi connectivity index (χ3v) is 3.80. The van der Waals surface area contributed by atoms with E-state index in [1.54, 1.807) is 18.5 Å². The molecular weight excluding hydrogens is 323 g/mol. The van der Waals surface area contributed by atoms with Gasteiger partial charge in [0.2, 0.25) is 0 Å². The quantitative estimate of drug-likeness (QED) is 0.895. The highest BCUT2D eigenvalue weighted by Crippen LogP contribution is 2.32. The highest BCUT2D eigenvalue weighted by molar-refractivity contribution is 9.10. The number of halogens is 2. The fourth-order valence-electron chi connectivity index (χ4n) is 1.86. The minimum atomic E-state index is -0.329. The molecule has 20 heavy (non-hydrogen) atoms. The Morgan fingerprint density at radius 3 is 2.95 bits per heavy atom. The van der Waals surface area contributed by atoms with Crippen molar-refractivity contribution in [2.45, 2.75) is 25.4 Å². The molecule has 0 spiro atoms. The smallest absolute Gasteiger partial charge is 0.150 e. The zero-order valence-corrected chi connectivity index (χ0v) is 12.4. The molecule has 104 valence electrons. The predicted octanol–water partition coefficient (Wildman–Crippen LogP) is 4.03. The lowest BCUT2D eigenvalue weighted by Crippen LogP contribution is -2.15. The summed E-state index contributed by atoms with van der Waals surface area (Å²) in [7, 11) is 0. The second-order valence-electron chi connectivity index (χ2n) is 4.82. The van der Waals surface area contributed by atoms with Gasteiger partial charge in [-0.1, -0.05) is 0 Å². The molecule has 1 aromatic carbocycles. The minimum Gasteiger partial charge on any atom is -0.454 e. The summed E-state index contributed by atoms with van der Waals surface area (Å²) in [5, 5.41) is 3.43. The first-order chi connectivity index (χ1) is 9.72. The second kappa shape index (κ2) is 5.89. The maximum atomic E-state index is 13.3. The lowest BCUT2D eigenvalue weighted by molar-refractivity contribution is 0.462. The minimum absolute atomic E-state index is 0.329. The van der Waals surface area contributed by atoms with Gasteiger partial charge in [-0.3, -0.25) is 4.98 Å². The molecule has 1 heterocycles. The van der Waals surface area contributed by atoms with E-state index in [4.69, 9.17) is 4.74 Å². The predicted molar refractivity (Wildman–Crippen MR) is 78.3 cm³/mol. The molecule has 1 aromatic heterocycles. The van der Waals surface area contributed by atoms with Crippen molar-refractivity contribution in [1.29, 1.82) is 0 Å². The van der Waals surface area contributed by atoms with Crippen LogP contribution in [0.15, 0.2) is 41.1 Å². The van der Waals surface area contributed by atoms with E-state index in [0.29, 0.717) is 22.0 Å². The van der Waals surface area contributed by atoms with Crippen LogP contribution in [0.3, 0.4) is 0 Å². The van der Waals surface area contributed by atoms with Crippen molar-refractivity contribution >= 4 is 15.9 Å². The van der Waals surface area contributed by atoms with E-state index in [2.05, 4.69) is 26.2 Å². The molecule has 2 aromatic rings. The normalized spacial score (nSPS) is 14.3. The number of benzene rings is 1. The number of hydrogen-bond acceptors (Lipinski definition) is 3. The summed E-state index contributed by atoms with van der Waals surface area (Å²) in [6.45, 7) is 0.732. The van der Waals surface area contributed by atoms with E-state index in [1.807, 2.05) is 6.07 Å². The first-order valence-electron chi connectivity index (χ1n) is 6.51. The Hall–Kier alpha value is -1.46. The number of nitrogens with zero attached hydrogens (tertiary/aromatic N) is 1. The molecule has 1 aliphatic carbocycles. The van der Waals surface area contributed by atoms with Crippen molar-refractivity contribution in [3.63, 3.8) is 0 Å². The van der Waals surface area contributed by atoms with Crippen LogP contribution in [0.1, 0.15) is 18.4 Å². The van der Waals surface area contributed by atoms with Gasteiger partial charge in [-0.05, 0) is 47.0 Å². The van der Waals surface area contributed by atoms with Crippen LogP contribution in [0.4, 0.5) is 4.39 Å². The van der Waals surface area contributed by atoms with Crippen LogP contribution in [0.2, 0.25) is 0 Å². The van der Waals surface area contributed by atoms with Crippen molar-refractivity contribution in [3.8, 4) is 11.5 Å². The molecule has 1 saturated carbocycles. The molecule has 0 atom stereocenters. The molecule has 0 unspecified atom stereocenters. The van der Waals surface area contributed by atoms with Crippen molar-refractivity contribution in [2.75, 3.05) is 0 Å². The van der Waals surface area contributed by atoms with Crippen molar-refractivity contribution < 1.29 is 9.13 Å². The maximum Gasteiger partial charge on any atom is 0.150 e. The van der Waals surface area contributed by atoms with Crippen molar-refractivity contribution in [1.82, 2.24) is 10.3 Å². The van der Waals surface area contributed by atoms with Crippen molar-refractivity contribution in [3.05, 3.63) is 52.5 Å². The fourth-order valence-corrected chi connectivity index (χ4v) is 2.19. The van der Waals surface area contributed by atoms with E-state index in [1.165, 1.54) is 25.0 Å². The Kier molecular flexibility index (Phi) is 3.98. The molecule has 0 saturated heterocycles. The first-order valence-corrected chi connectivity index (χ1v) is 7.31.